The summed E-state index contributed by atoms with van der Waals surface area (Å²) < 4.78 is 24.0. The van der Waals surface area contributed by atoms with Crippen molar-refractivity contribution in [3.8, 4) is 57.1 Å². The van der Waals surface area contributed by atoms with Gasteiger partial charge < -0.3 is 14.2 Å². The van der Waals surface area contributed by atoms with Crippen LogP contribution in [0.15, 0.2) is 158 Å². The number of hydrogen-bond acceptors (Lipinski definition) is 5. The third kappa shape index (κ3) is 6.78. The van der Waals surface area contributed by atoms with E-state index in [0.29, 0.717) is 11.7 Å². The van der Waals surface area contributed by atoms with Crippen LogP contribution in [0.3, 0.4) is 0 Å². The van der Waals surface area contributed by atoms with E-state index >= 15 is 0 Å². The van der Waals surface area contributed by atoms with Crippen molar-refractivity contribution >= 4 is 21.8 Å². The molecule has 0 aliphatic heterocycles. The van der Waals surface area contributed by atoms with Crippen molar-refractivity contribution in [2.45, 2.75) is 40.5 Å². The first-order chi connectivity index (χ1) is 27.8. The number of aromatic nitrogens is 4. The predicted octanol–water partition coefficient (Wildman–Crippen LogP) is 13.5. The summed E-state index contributed by atoms with van der Waals surface area (Å²) in [7, 11) is 0. The third-order valence-electron chi connectivity index (χ3n) is 10.7. The maximum Gasteiger partial charge on any atom is 0.142 e. The quantitative estimate of drug-likeness (QED) is 0.139. The summed E-state index contributed by atoms with van der Waals surface area (Å²) in [6.07, 6.45) is 5.77. The highest BCUT2D eigenvalue weighted by molar-refractivity contribution is 6.09. The summed E-state index contributed by atoms with van der Waals surface area (Å²) in [4.78, 5) is 4.81. The molecule has 0 saturated carbocycles. The lowest BCUT2D eigenvalue weighted by Gasteiger charge is -2.22. The summed E-state index contributed by atoms with van der Waals surface area (Å²) in [6, 6.07) is 46.7. The van der Waals surface area contributed by atoms with Gasteiger partial charge in [-0.15, -0.1) is 0 Å². The Morgan fingerprint density at radius 2 is 1.18 bits per heavy atom. The number of ether oxygens (including phenoxy) is 3. The summed E-state index contributed by atoms with van der Waals surface area (Å²) >= 11 is 0. The maximum atomic E-state index is 6.67. The minimum atomic E-state index is 0.386. The minimum absolute atomic E-state index is 0.386. The topological polar surface area (TPSA) is 63.3 Å². The van der Waals surface area contributed by atoms with Crippen LogP contribution in [-0.2, 0) is 0 Å². The summed E-state index contributed by atoms with van der Waals surface area (Å²) in [6.45, 7) is 10.7. The van der Waals surface area contributed by atoms with Crippen LogP contribution in [0.25, 0.3) is 44.4 Å². The second kappa shape index (κ2) is 14.8. The number of pyridine rings is 1. The molecule has 0 saturated heterocycles. The Balaban J connectivity index is 1.09. The molecule has 0 aliphatic carbocycles. The molecule has 0 bridgehead atoms. The highest BCUT2D eigenvalue weighted by Gasteiger charge is 2.24. The first-order valence-electron chi connectivity index (χ1n) is 19.2. The number of para-hydroxylation sites is 3. The standard InChI is InChI=1S/C50H42N4O3/c1-32(2)36-25-26-51-47(27-36)54-45-22-13-12-21-43(45)44-24-23-42(29-46(44)54)55-41-20-14-15-38(28-41)53-31-37(30-52-53)48-49(56-39-16-8-6-9-17-39)34(4)33(3)35(5)50(48)57-40-18-10-7-11-19-40/h6-32H,1-5H3. The molecule has 0 unspecified atom stereocenters. The van der Waals surface area contributed by atoms with Crippen LogP contribution in [0.1, 0.15) is 42.0 Å². The molecule has 7 nitrogen and oxygen atoms in total. The Morgan fingerprint density at radius 3 is 1.88 bits per heavy atom. The Morgan fingerprint density at radius 1 is 0.544 bits per heavy atom. The zero-order valence-corrected chi connectivity index (χ0v) is 32.6. The maximum absolute atomic E-state index is 6.67. The molecule has 3 aromatic heterocycles. The second-order valence-corrected chi connectivity index (χ2v) is 14.6. The molecule has 0 radical (unpaired) electrons. The van der Waals surface area contributed by atoms with Crippen molar-refractivity contribution in [3.05, 3.63) is 180 Å². The molecule has 3 heterocycles. The highest BCUT2D eigenvalue weighted by Crippen LogP contribution is 2.48. The van der Waals surface area contributed by atoms with Crippen molar-refractivity contribution < 1.29 is 14.2 Å². The summed E-state index contributed by atoms with van der Waals surface area (Å²) in [5, 5.41) is 7.17. The molecule has 7 heteroatoms. The molecule has 9 rings (SSSR count). The zero-order chi connectivity index (χ0) is 39.0. The molecule has 0 spiro atoms. The fraction of sp³-hybridized carbons (Fsp3) is 0.120. The summed E-state index contributed by atoms with van der Waals surface area (Å²) in [5.74, 6) is 5.62. The molecule has 9 aromatic rings. The SMILES string of the molecule is Cc1c(C)c(Oc2ccccc2)c(-c2cnn(-c3cccc(Oc4ccc5c6ccccc6n(-c6cc(C(C)C)ccn6)c5c4)c3)c2)c(Oc2ccccc2)c1C. The second-order valence-electron chi connectivity index (χ2n) is 14.6. The Kier molecular flexibility index (Phi) is 9.27. The van der Waals surface area contributed by atoms with Gasteiger partial charge >= 0.3 is 0 Å². The molecular formula is C50H42N4O3. The lowest BCUT2D eigenvalue weighted by atomic mass is 9.94. The Bertz CT molecular complexity index is 2820. The van der Waals surface area contributed by atoms with E-state index in [1.165, 1.54) is 10.9 Å². The van der Waals surface area contributed by atoms with Gasteiger partial charge in [-0.05, 0) is 116 Å². The number of nitrogens with zero attached hydrogens (tertiary/aromatic N) is 4. The van der Waals surface area contributed by atoms with Crippen molar-refractivity contribution in [1.82, 2.24) is 19.3 Å². The van der Waals surface area contributed by atoms with Gasteiger partial charge in [0.15, 0.2) is 0 Å². The molecule has 57 heavy (non-hydrogen) atoms. The predicted molar refractivity (Wildman–Crippen MR) is 229 cm³/mol. The van der Waals surface area contributed by atoms with E-state index in [9.17, 15) is 0 Å². The van der Waals surface area contributed by atoms with E-state index in [0.717, 1.165) is 84.5 Å². The van der Waals surface area contributed by atoms with Crippen molar-refractivity contribution in [2.75, 3.05) is 0 Å². The van der Waals surface area contributed by atoms with E-state index in [-0.39, 0.29) is 0 Å². The highest BCUT2D eigenvalue weighted by atomic mass is 16.5. The third-order valence-corrected chi connectivity index (χ3v) is 10.7. The Hall–Kier alpha value is -7.12. The normalized spacial score (nSPS) is 11.4. The van der Waals surface area contributed by atoms with E-state index < -0.39 is 0 Å². The van der Waals surface area contributed by atoms with E-state index in [1.54, 1.807) is 0 Å². The average Bonchev–Trinajstić information content (AvgIpc) is 3.86. The molecule has 0 fully saturated rings. The molecule has 6 aromatic carbocycles. The number of benzene rings is 6. The van der Waals surface area contributed by atoms with E-state index in [2.05, 4.69) is 87.7 Å². The van der Waals surface area contributed by atoms with Gasteiger partial charge in [0.1, 0.15) is 40.3 Å². The largest absolute Gasteiger partial charge is 0.457 e. The van der Waals surface area contributed by atoms with E-state index in [4.69, 9.17) is 24.3 Å². The van der Waals surface area contributed by atoms with Crippen LogP contribution in [-0.4, -0.2) is 19.3 Å². The van der Waals surface area contributed by atoms with Crippen molar-refractivity contribution in [1.29, 1.82) is 0 Å². The number of hydrogen-bond donors (Lipinski definition) is 0. The van der Waals surface area contributed by atoms with Crippen LogP contribution in [0.5, 0.6) is 34.5 Å². The van der Waals surface area contributed by atoms with Crippen LogP contribution >= 0.6 is 0 Å². The Labute approximate surface area is 332 Å². The molecular weight excluding hydrogens is 705 g/mol. The van der Waals surface area contributed by atoms with Gasteiger partial charge in [-0.3, -0.25) is 4.57 Å². The molecule has 0 aliphatic rings. The summed E-state index contributed by atoms with van der Waals surface area (Å²) in [5.41, 5.74) is 9.08. The van der Waals surface area contributed by atoms with Gasteiger partial charge in [0, 0.05) is 40.9 Å². The monoisotopic (exact) mass is 746 g/mol. The van der Waals surface area contributed by atoms with Gasteiger partial charge in [0.25, 0.3) is 0 Å². The van der Waals surface area contributed by atoms with Gasteiger partial charge in [-0.1, -0.05) is 74.5 Å². The van der Waals surface area contributed by atoms with Crippen molar-refractivity contribution in [3.63, 3.8) is 0 Å². The fourth-order valence-corrected chi connectivity index (χ4v) is 7.43. The van der Waals surface area contributed by atoms with Gasteiger partial charge in [0.2, 0.25) is 0 Å². The molecule has 280 valence electrons. The van der Waals surface area contributed by atoms with Crippen molar-refractivity contribution in [2.24, 2.45) is 0 Å². The molecule has 0 amide bonds. The van der Waals surface area contributed by atoms with Crippen LogP contribution < -0.4 is 14.2 Å². The average molecular weight is 747 g/mol. The lowest BCUT2D eigenvalue weighted by molar-refractivity contribution is 0.458. The van der Waals surface area contributed by atoms with Crippen LogP contribution in [0.2, 0.25) is 0 Å². The van der Waals surface area contributed by atoms with Crippen LogP contribution in [0.4, 0.5) is 0 Å². The zero-order valence-electron chi connectivity index (χ0n) is 32.6. The van der Waals surface area contributed by atoms with Gasteiger partial charge in [-0.25, -0.2) is 9.67 Å². The fourth-order valence-electron chi connectivity index (χ4n) is 7.43. The smallest absolute Gasteiger partial charge is 0.142 e. The number of fused-ring (bicyclic) bond motifs is 3. The van der Waals surface area contributed by atoms with Gasteiger partial charge in [-0.2, -0.15) is 5.10 Å². The number of rotatable bonds is 10. The minimum Gasteiger partial charge on any atom is -0.457 e. The molecule has 0 N–H and O–H groups in total. The first kappa shape index (κ1) is 35.6. The molecule has 0 atom stereocenters. The lowest BCUT2D eigenvalue weighted by Crippen LogP contribution is -2.01. The van der Waals surface area contributed by atoms with E-state index in [1.807, 2.05) is 114 Å². The first-order valence-corrected chi connectivity index (χ1v) is 19.2. The van der Waals surface area contributed by atoms with Gasteiger partial charge in [0.05, 0.1) is 28.5 Å². The van der Waals surface area contributed by atoms with Crippen LogP contribution in [0, 0.1) is 20.8 Å².